The minimum absolute atomic E-state index is 0.0116. The molecule has 0 bridgehead atoms. The standard InChI is InChI=1S/C20H23FN2O4.C14H11F2NO4.C5H12N2/c1-10-7-11(5-6-22-10)16-15(21)8-13-17(19(16)27-2)23(12-3-4-12)9-14(18(13)24)20(25)26;1-21-13-10(16)9(15)4-7-11(13)17(6-2-3-6)5-8(12(7)18)14(19)20;1-5-4-6-2-3-7-5/h8-12,22H,3-7H2,1-2H3,(H,25,26);4-6H,2-3H2,1H3,(H,19,20);5-7H,2-4H2,1H3. The van der Waals surface area contributed by atoms with E-state index in [-0.39, 0.29) is 51.6 Å². The average molecular weight is 770 g/mol. The third kappa shape index (κ3) is 8.21. The number of hydrogen-bond acceptors (Lipinski definition) is 9. The van der Waals surface area contributed by atoms with Gasteiger partial charge in [-0.2, -0.15) is 4.39 Å². The molecule has 2 aliphatic heterocycles. The van der Waals surface area contributed by atoms with E-state index in [0.717, 1.165) is 70.8 Å². The Bertz CT molecular complexity index is 2250. The zero-order valence-corrected chi connectivity index (χ0v) is 31.1. The molecule has 8 rings (SSSR count). The maximum atomic E-state index is 15.1. The van der Waals surface area contributed by atoms with Gasteiger partial charge in [0.1, 0.15) is 22.7 Å². The fourth-order valence-electron chi connectivity index (χ4n) is 7.45. The number of halogens is 3. The highest BCUT2D eigenvalue weighted by atomic mass is 19.2. The van der Waals surface area contributed by atoms with Crippen molar-refractivity contribution in [3.8, 4) is 11.5 Å². The molecule has 4 fully saturated rings. The van der Waals surface area contributed by atoms with E-state index in [9.17, 15) is 33.1 Å². The Hall–Kier alpha value is -4.93. The molecule has 3 atom stereocenters. The summed E-state index contributed by atoms with van der Waals surface area (Å²) in [5.41, 5.74) is -1.23. The molecule has 3 unspecified atom stereocenters. The lowest BCUT2D eigenvalue weighted by Gasteiger charge is -2.30. The number of benzene rings is 2. The summed E-state index contributed by atoms with van der Waals surface area (Å²) in [6, 6.07) is 2.95. The number of pyridine rings is 2. The molecule has 296 valence electrons. The number of carboxylic acids is 2. The van der Waals surface area contributed by atoms with Crippen molar-refractivity contribution in [3.05, 3.63) is 79.1 Å². The van der Waals surface area contributed by atoms with Gasteiger partial charge in [0.15, 0.2) is 11.6 Å². The number of nitrogens with zero attached hydrogens (tertiary/aromatic N) is 2. The van der Waals surface area contributed by atoms with Crippen LogP contribution in [0.4, 0.5) is 13.2 Å². The summed E-state index contributed by atoms with van der Waals surface area (Å²) in [6.45, 7) is 8.42. The van der Waals surface area contributed by atoms with Crippen LogP contribution in [0, 0.1) is 17.5 Å². The number of aromatic nitrogens is 2. The van der Waals surface area contributed by atoms with Crippen LogP contribution in [-0.4, -0.2) is 83.8 Å². The van der Waals surface area contributed by atoms with Crippen LogP contribution in [0.5, 0.6) is 11.5 Å². The number of methoxy groups -OCH3 is 2. The van der Waals surface area contributed by atoms with Crippen molar-refractivity contribution in [2.45, 2.75) is 82.5 Å². The molecule has 2 saturated carbocycles. The van der Waals surface area contributed by atoms with Gasteiger partial charge in [0.25, 0.3) is 0 Å². The van der Waals surface area contributed by atoms with Crippen molar-refractivity contribution in [3.63, 3.8) is 0 Å². The maximum absolute atomic E-state index is 15.1. The van der Waals surface area contributed by atoms with E-state index in [2.05, 4.69) is 29.8 Å². The van der Waals surface area contributed by atoms with Gasteiger partial charge in [-0.1, -0.05) is 0 Å². The second kappa shape index (κ2) is 16.4. The highest BCUT2D eigenvalue weighted by Crippen LogP contribution is 2.44. The Balaban J connectivity index is 0.000000162. The molecule has 0 radical (unpaired) electrons. The van der Waals surface area contributed by atoms with Crippen LogP contribution in [0.1, 0.15) is 96.7 Å². The lowest BCUT2D eigenvalue weighted by Crippen LogP contribution is -2.46. The van der Waals surface area contributed by atoms with E-state index in [4.69, 9.17) is 14.6 Å². The monoisotopic (exact) mass is 769 g/mol. The number of piperazine rings is 1. The predicted molar refractivity (Wildman–Crippen MR) is 200 cm³/mol. The van der Waals surface area contributed by atoms with Gasteiger partial charge in [0.2, 0.25) is 16.7 Å². The second-order valence-electron chi connectivity index (χ2n) is 14.6. The van der Waals surface area contributed by atoms with Crippen molar-refractivity contribution >= 4 is 33.7 Å². The zero-order chi connectivity index (χ0) is 39.7. The molecule has 0 spiro atoms. The van der Waals surface area contributed by atoms with Gasteiger partial charge in [-0.25, -0.2) is 18.4 Å². The predicted octanol–water partition coefficient (Wildman–Crippen LogP) is 4.93. The van der Waals surface area contributed by atoms with E-state index < -0.39 is 45.8 Å². The summed E-state index contributed by atoms with van der Waals surface area (Å²) >= 11 is 0. The third-order valence-corrected chi connectivity index (χ3v) is 10.5. The first kappa shape index (κ1) is 39.8. The molecule has 13 nitrogen and oxygen atoms in total. The lowest BCUT2D eigenvalue weighted by molar-refractivity contribution is 0.0684. The number of carboxylic acid groups (broad SMARTS) is 2. The summed E-state index contributed by atoms with van der Waals surface area (Å²) in [4.78, 5) is 47.5. The van der Waals surface area contributed by atoms with Crippen LogP contribution in [0.3, 0.4) is 0 Å². The molecule has 55 heavy (non-hydrogen) atoms. The highest BCUT2D eigenvalue weighted by Gasteiger charge is 2.33. The molecule has 16 heteroatoms. The molecule has 2 aromatic heterocycles. The van der Waals surface area contributed by atoms with Gasteiger partial charge in [0.05, 0.1) is 36.0 Å². The van der Waals surface area contributed by atoms with E-state index in [1.54, 1.807) is 4.57 Å². The van der Waals surface area contributed by atoms with Crippen molar-refractivity contribution in [1.29, 1.82) is 0 Å². The number of hydrogen-bond donors (Lipinski definition) is 5. The molecule has 4 heterocycles. The number of fused-ring (bicyclic) bond motifs is 2. The first-order valence-electron chi connectivity index (χ1n) is 18.5. The minimum atomic E-state index is -1.40. The van der Waals surface area contributed by atoms with Crippen molar-refractivity contribution in [1.82, 2.24) is 25.1 Å². The van der Waals surface area contributed by atoms with Crippen LogP contribution in [0.2, 0.25) is 0 Å². The molecule has 4 aromatic rings. The third-order valence-electron chi connectivity index (χ3n) is 10.5. The number of aromatic carboxylic acids is 2. The topological polar surface area (TPSA) is 173 Å². The SMILES string of the molecule is CC1CNCCN1.COc1c(C2CCNC(C)C2)c(F)cc2c(=O)c(C(=O)O)cn(C3CC3)c12.COc1c(F)c(F)cc2c(=O)c(C(=O)O)cn(C3CC3)c12. The van der Waals surface area contributed by atoms with Gasteiger partial charge in [-0.3, -0.25) is 9.59 Å². The number of ether oxygens (including phenoxy) is 2. The molecule has 2 saturated heterocycles. The Kier molecular flexibility index (Phi) is 11.9. The summed E-state index contributed by atoms with van der Waals surface area (Å²) in [5, 5.41) is 28.3. The smallest absolute Gasteiger partial charge is 0.341 e. The number of rotatable bonds is 7. The van der Waals surface area contributed by atoms with Crippen LogP contribution in [-0.2, 0) is 0 Å². The first-order chi connectivity index (χ1) is 26.3. The Morgan fingerprint density at radius 1 is 0.727 bits per heavy atom. The zero-order valence-electron chi connectivity index (χ0n) is 31.1. The van der Waals surface area contributed by atoms with Gasteiger partial charge in [-0.15, -0.1) is 0 Å². The summed E-state index contributed by atoms with van der Waals surface area (Å²) in [6.07, 6.45) is 7.47. The van der Waals surface area contributed by atoms with Crippen molar-refractivity contribution < 1.29 is 42.4 Å². The molecule has 0 amide bonds. The fourth-order valence-corrected chi connectivity index (χ4v) is 7.45. The quantitative estimate of drug-likeness (QED) is 0.173. The van der Waals surface area contributed by atoms with Gasteiger partial charge < -0.3 is 44.8 Å². The lowest BCUT2D eigenvalue weighted by atomic mass is 9.85. The average Bonchev–Trinajstić information content (AvgIpc) is 4.08. The van der Waals surface area contributed by atoms with Crippen LogP contribution in [0.25, 0.3) is 21.8 Å². The van der Waals surface area contributed by atoms with E-state index in [1.165, 1.54) is 37.2 Å². The van der Waals surface area contributed by atoms with E-state index in [0.29, 0.717) is 22.9 Å². The minimum Gasteiger partial charge on any atom is -0.494 e. The summed E-state index contributed by atoms with van der Waals surface area (Å²) in [5.74, 6) is -5.67. The van der Waals surface area contributed by atoms with Gasteiger partial charge in [-0.05, 0) is 77.0 Å². The Morgan fingerprint density at radius 2 is 1.24 bits per heavy atom. The maximum Gasteiger partial charge on any atom is 0.341 e. The summed E-state index contributed by atoms with van der Waals surface area (Å²) < 4.78 is 56.4. The number of nitrogens with one attached hydrogen (secondary N) is 3. The summed E-state index contributed by atoms with van der Waals surface area (Å²) in [7, 11) is 2.65. The molecule has 5 N–H and O–H groups in total. The van der Waals surface area contributed by atoms with Gasteiger partial charge >= 0.3 is 11.9 Å². The molecule has 2 aliphatic carbocycles. The highest BCUT2D eigenvalue weighted by molar-refractivity contribution is 5.96. The Labute approximate surface area is 314 Å². The second-order valence-corrected chi connectivity index (χ2v) is 14.6. The van der Waals surface area contributed by atoms with E-state index in [1.807, 2.05) is 0 Å². The molecular weight excluding hydrogens is 723 g/mol. The van der Waals surface area contributed by atoms with Crippen molar-refractivity contribution in [2.24, 2.45) is 0 Å². The number of carbonyl (C=O) groups is 2. The molecule has 4 aliphatic rings. The fraction of sp³-hybridized carbons (Fsp3) is 0.487. The van der Waals surface area contributed by atoms with Crippen molar-refractivity contribution in [2.75, 3.05) is 40.4 Å². The van der Waals surface area contributed by atoms with Crippen LogP contribution >= 0.6 is 0 Å². The molecular formula is C39H46F3N5O8. The van der Waals surface area contributed by atoms with Gasteiger partial charge in [0, 0.05) is 61.8 Å². The normalized spacial score (nSPS) is 20.9. The molecule has 2 aromatic carbocycles. The largest absolute Gasteiger partial charge is 0.494 e. The van der Waals surface area contributed by atoms with Crippen LogP contribution < -0.4 is 36.3 Å². The first-order valence-corrected chi connectivity index (χ1v) is 18.5. The Morgan fingerprint density at radius 3 is 1.65 bits per heavy atom. The van der Waals surface area contributed by atoms with E-state index >= 15 is 4.39 Å². The van der Waals surface area contributed by atoms with Crippen LogP contribution in [0.15, 0.2) is 34.1 Å². The number of piperidine rings is 1.